The Balaban J connectivity index is 1.60. The maximum absolute atomic E-state index is 13.3. The monoisotopic (exact) mass is 439 g/mol. The number of fused-ring (bicyclic) bond motifs is 1. The number of hydrogen-bond acceptors (Lipinski definition) is 5. The smallest absolute Gasteiger partial charge is 0.271 e. The van der Waals surface area contributed by atoms with E-state index in [1.165, 1.54) is 45.9 Å². The van der Waals surface area contributed by atoms with Crippen molar-refractivity contribution in [2.45, 2.75) is 12.1 Å². The molecule has 0 saturated carbocycles. The molecule has 0 fully saturated rings. The van der Waals surface area contributed by atoms with Gasteiger partial charge in [-0.05, 0) is 30.7 Å². The molecule has 0 spiro atoms. The summed E-state index contributed by atoms with van der Waals surface area (Å²) in [6.07, 6.45) is 0. The van der Waals surface area contributed by atoms with Gasteiger partial charge in [-0.15, -0.1) is 11.3 Å². The number of nitrogens with zero attached hydrogens (tertiary/aromatic N) is 2. The first-order valence-electron chi connectivity index (χ1n) is 9.16. The molecule has 2 aromatic heterocycles. The van der Waals surface area contributed by atoms with Crippen LogP contribution in [0.3, 0.4) is 0 Å². The minimum absolute atomic E-state index is 0.0479. The number of rotatable bonds is 5. The zero-order chi connectivity index (χ0) is 21.3. The fourth-order valence-electron chi connectivity index (χ4n) is 2.98. The number of halogens is 1. The molecule has 0 atom stereocenters. The van der Waals surface area contributed by atoms with Crippen LogP contribution in [0, 0.1) is 12.7 Å². The summed E-state index contributed by atoms with van der Waals surface area (Å²) in [6, 6.07) is 13.8. The van der Waals surface area contributed by atoms with Crippen LogP contribution in [0.2, 0.25) is 0 Å². The lowest BCUT2D eigenvalue weighted by atomic mass is 10.1. The summed E-state index contributed by atoms with van der Waals surface area (Å²) in [5.41, 5.74) is 3.93. The van der Waals surface area contributed by atoms with Crippen LogP contribution in [0.4, 0.5) is 10.1 Å². The van der Waals surface area contributed by atoms with Crippen molar-refractivity contribution in [1.82, 2.24) is 9.55 Å². The normalized spacial score (nSPS) is 11.0. The summed E-state index contributed by atoms with van der Waals surface area (Å²) in [7, 11) is 1.65. The summed E-state index contributed by atoms with van der Waals surface area (Å²) in [4.78, 5) is 29.7. The van der Waals surface area contributed by atoms with Gasteiger partial charge in [0.15, 0.2) is 5.16 Å². The zero-order valence-electron chi connectivity index (χ0n) is 16.3. The highest BCUT2D eigenvalue weighted by atomic mass is 32.2. The van der Waals surface area contributed by atoms with Gasteiger partial charge in [-0.2, -0.15) is 0 Å². The third-order valence-electron chi connectivity index (χ3n) is 4.56. The Bertz CT molecular complexity index is 1300. The first-order chi connectivity index (χ1) is 14.4. The Labute approximate surface area is 180 Å². The fourth-order valence-corrected chi connectivity index (χ4v) is 4.74. The number of thiophene rings is 1. The van der Waals surface area contributed by atoms with Crippen molar-refractivity contribution in [2.24, 2.45) is 7.05 Å². The molecule has 0 unspecified atom stereocenters. The van der Waals surface area contributed by atoms with Crippen LogP contribution >= 0.6 is 23.1 Å². The molecule has 0 aliphatic rings. The molecule has 0 radical (unpaired) electrons. The van der Waals surface area contributed by atoms with Crippen LogP contribution in [-0.2, 0) is 11.8 Å². The van der Waals surface area contributed by atoms with Gasteiger partial charge in [0.1, 0.15) is 10.5 Å². The Morgan fingerprint density at radius 3 is 2.73 bits per heavy atom. The van der Waals surface area contributed by atoms with Crippen LogP contribution in [0.15, 0.2) is 63.9 Å². The molecule has 0 aliphatic carbocycles. The van der Waals surface area contributed by atoms with E-state index in [1.807, 2.05) is 36.6 Å². The molecular formula is C22H18FN3O2S2. The standard InChI is InChI=1S/C22H18FN3O2S2/c1-13-6-8-14(9-7-13)17-11-29-20-19(17)25-22(26(2)21(20)28)30-12-18(27)24-16-5-3-4-15(23)10-16/h3-11H,12H2,1-2H3,(H,24,27). The van der Waals surface area contributed by atoms with Gasteiger partial charge in [-0.1, -0.05) is 47.7 Å². The number of hydrogen-bond donors (Lipinski definition) is 1. The van der Waals surface area contributed by atoms with Gasteiger partial charge in [0.25, 0.3) is 5.56 Å². The molecule has 30 heavy (non-hydrogen) atoms. The van der Waals surface area contributed by atoms with Crippen molar-refractivity contribution in [1.29, 1.82) is 0 Å². The van der Waals surface area contributed by atoms with E-state index in [2.05, 4.69) is 10.3 Å². The minimum atomic E-state index is -0.420. The quantitative estimate of drug-likeness (QED) is 0.357. The average Bonchev–Trinajstić information content (AvgIpc) is 3.14. The average molecular weight is 440 g/mol. The highest BCUT2D eigenvalue weighted by molar-refractivity contribution is 7.99. The summed E-state index contributed by atoms with van der Waals surface area (Å²) in [5.74, 6) is -0.674. The van der Waals surface area contributed by atoms with Gasteiger partial charge in [-0.25, -0.2) is 9.37 Å². The van der Waals surface area contributed by atoms with Gasteiger partial charge in [0.2, 0.25) is 5.91 Å². The van der Waals surface area contributed by atoms with Crippen molar-refractivity contribution in [3.8, 4) is 11.1 Å². The van der Waals surface area contributed by atoms with Gasteiger partial charge in [-0.3, -0.25) is 14.2 Å². The summed E-state index contributed by atoms with van der Waals surface area (Å²) < 4.78 is 15.3. The second kappa shape index (κ2) is 8.41. The first kappa shape index (κ1) is 20.3. The molecule has 4 aromatic rings. The van der Waals surface area contributed by atoms with Crippen LogP contribution in [0.5, 0.6) is 0 Å². The predicted octanol–water partition coefficient (Wildman–Crippen LogP) is 4.84. The van der Waals surface area contributed by atoms with Gasteiger partial charge in [0.05, 0.1) is 11.3 Å². The number of anilines is 1. The molecule has 1 amide bonds. The van der Waals surface area contributed by atoms with Crippen molar-refractivity contribution in [3.63, 3.8) is 0 Å². The topological polar surface area (TPSA) is 64.0 Å². The molecule has 4 rings (SSSR count). The third kappa shape index (κ3) is 4.15. The van der Waals surface area contributed by atoms with E-state index in [-0.39, 0.29) is 17.2 Å². The van der Waals surface area contributed by atoms with Crippen LogP contribution in [-0.4, -0.2) is 21.2 Å². The van der Waals surface area contributed by atoms with E-state index in [4.69, 9.17) is 0 Å². The van der Waals surface area contributed by atoms with Gasteiger partial charge < -0.3 is 5.32 Å². The van der Waals surface area contributed by atoms with E-state index in [0.717, 1.165) is 16.7 Å². The zero-order valence-corrected chi connectivity index (χ0v) is 17.9. The molecule has 152 valence electrons. The predicted molar refractivity (Wildman–Crippen MR) is 121 cm³/mol. The Hall–Kier alpha value is -2.97. The number of carbonyl (C=O) groups excluding carboxylic acids is 1. The molecule has 2 aromatic carbocycles. The van der Waals surface area contributed by atoms with E-state index in [0.29, 0.717) is 21.1 Å². The minimum Gasteiger partial charge on any atom is -0.325 e. The van der Waals surface area contributed by atoms with Crippen LogP contribution in [0.1, 0.15) is 5.56 Å². The molecule has 5 nitrogen and oxygen atoms in total. The van der Waals surface area contributed by atoms with Crippen LogP contribution < -0.4 is 10.9 Å². The first-order valence-corrected chi connectivity index (χ1v) is 11.0. The van der Waals surface area contributed by atoms with Crippen LogP contribution in [0.25, 0.3) is 21.3 Å². The number of amides is 1. The van der Waals surface area contributed by atoms with E-state index < -0.39 is 5.82 Å². The maximum Gasteiger partial charge on any atom is 0.271 e. The maximum atomic E-state index is 13.3. The number of aryl methyl sites for hydroxylation is 1. The van der Waals surface area contributed by atoms with Crippen molar-refractivity contribution >= 4 is 44.9 Å². The molecular weight excluding hydrogens is 421 g/mol. The van der Waals surface area contributed by atoms with Gasteiger partial charge >= 0.3 is 0 Å². The summed E-state index contributed by atoms with van der Waals surface area (Å²) in [6.45, 7) is 2.02. The second-order valence-electron chi connectivity index (χ2n) is 6.80. The number of benzene rings is 2. The Morgan fingerprint density at radius 1 is 1.23 bits per heavy atom. The number of thioether (sulfide) groups is 1. The van der Waals surface area contributed by atoms with Crippen molar-refractivity contribution in [2.75, 3.05) is 11.1 Å². The Kier molecular flexibility index (Phi) is 5.69. The molecule has 8 heteroatoms. The Morgan fingerprint density at radius 2 is 2.00 bits per heavy atom. The molecule has 0 saturated heterocycles. The van der Waals surface area contributed by atoms with Crippen molar-refractivity contribution in [3.05, 3.63) is 75.6 Å². The number of aromatic nitrogens is 2. The molecule has 1 N–H and O–H groups in total. The molecule has 0 bridgehead atoms. The van der Waals surface area contributed by atoms with Gasteiger partial charge in [0, 0.05) is 23.7 Å². The summed E-state index contributed by atoms with van der Waals surface area (Å²) in [5, 5.41) is 5.04. The number of carbonyl (C=O) groups is 1. The molecule has 2 heterocycles. The third-order valence-corrected chi connectivity index (χ3v) is 6.55. The number of nitrogens with one attached hydrogen (secondary N) is 1. The van der Waals surface area contributed by atoms with E-state index >= 15 is 0 Å². The van der Waals surface area contributed by atoms with Crippen molar-refractivity contribution < 1.29 is 9.18 Å². The molecule has 0 aliphatic heterocycles. The highest BCUT2D eigenvalue weighted by Gasteiger charge is 2.16. The fraction of sp³-hybridized carbons (Fsp3) is 0.136. The summed E-state index contributed by atoms with van der Waals surface area (Å²) >= 11 is 2.54. The lowest BCUT2D eigenvalue weighted by Crippen LogP contribution is -2.20. The van der Waals surface area contributed by atoms with E-state index in [1.54, 1.807) is 13.1 Å². The lowest BCUT2D eigenvalue weighted by molar-refractivity contribution is -0.113. The SMILES string of the molecule is Cc1ccc(-c2csc3c(=O)n(C)c(SCC(=O)Nc4cccc(F)c4)nc23)cc1. The lowest BCUT2D eigenvalue weighted by Gasteiger charge is -2.09. The second-order valence-corrected chi connectivity index (χ2v) is 8.62. The highest BCUT2D eigenvalue weighted by Crippen LogP contribution is 2.32. The largest absolute Gasteiger partial charge is 0.325 e. The van der Waals surface area contributed by atoms with E-state index in [9.17, 15) is 14.0 Å².